The molecule has 0 saturated heterocycles. The average Bonchev–Trinajstić information content (AvgIpc) is 2.26. The van der Waals surface area contributed by atoms with Crippen molar-refractivity contribution in [2.24, 2.45) is 5.73 Å². The van der Waals surface area contributed by atoms with Crippen molar-refractivity contribution in [3.8, 4) is 0 Å². The molecule has 0 bridgehead atoms. The van der Waals surface area contributed by atoms with Crippen LogP contribution >= 0.6 is 0 Å². The summed E-state index contributed by atoms with van der Waals surface area (Å²) in [4.78, 5) is 2.00. The molecule has 0 aliphatic carbocycles. The zero-order valence-corrected chi connectivity index (χ0v) is 11.2. The van der Waals surface area contributed by atoms with Crippen molar-refractivity contribution in [3.05, 3.63) is 35.4 Å². The van der Waals surface area contributed by atoms with Gasteiger partial charge in [0.05, 0.1) is 5.75 Å². The summed E-state index contributed by atoms with van der Waals surface area (Å²) in [6, 6.07) is 8.04. The van der Waals surface area contributed by atoms with E-state index in [-0.39, 0.29) is 5.75 Å². The van der Waals surface area contributed by atoms with E-state index in [1.807, 2.05) is 30.1 Å². The molecule has 0 radical (unpaired) electrons. The third-order valence-corrected chi connectivity index (χ3v) is 3.45. The van der Waals surface area contributed by atoms with E-state index in [0.717, 1.165) is 17.7 Å². The first kappa shape index (κ1) is 14.2. The van der Waals surface area contributed by atoms with Gasteiger partial charge in [-0.2, -0.15) is 0 Å². The second-order valence-electron chi connectivity index (χ2n) is 4.39. The van der Waals surface area contributed by atoms with Gasteiger partial charge in [-0.05, 0) is 18.2 Å². The maximum absolute atomic E-state index is 11.0. The van der Waals surface area contributed by atoms with Gasteiger partial charge in [0.25, 0.3) is 0 Å². The van der Waals surface area contributed by atoms with Crippen LogP contribution in [0.25, 0.3) is 0 Å². The van der Waals surface area contributed by atoms with Crippen LogP contribution in [0.15, 0.2) is 24.3 Å². The van der Waals surface area contributed by atoms with Gasteiger partial charge in [0.15, 0.2) is 0 Å². The van der Waals surface area contributed by atoms with E-state index in [1.165, 1.54) is 6.26 Å². The van der Waals surface area contributed by atoms with Crippen LogP contribution in [0.2, 0.25) is 0 Å². The van der Waals surface area contributed by atoms with Gasteiger partial charge in [-0.25, -0.2) is 8.42 Å². The monoisotopic (exact) mass is 256 g/mol. The largest absolute Gasteiger partial charge is 0.326 e. The number of nitrogens with zero attached hydrogens (tertiary/aromatic N) is 1. The van der Waals surface area contributed by atoms with E-state index in [0.29, 0.717) is 13.1 Å². The molecule has 0 aliphatic heterocycles. The smallest absolute Gasteiger partial charge is 0.148 e. The maximum atomic E-state index is 11.0. The molecule has 0 aromatic heterocycles. The molecular weight excluding hydrogens is 236 g/mol. The number of hydrogen-bond donors (Lipinski definition) is 1. The molecular formula is C12H20N2O2S. The van der Waals surface area contributed by atoms with Crippen LogP contribution in [0.5, 0.6) is 0 Å². The lowest BCUT2D eigenvalue weighted by atomic mass is 10.1. The summed E-state index contributed by atoms with van der Waals surface area (Å²) in [5.41, 5.74) is 7.83. The van der Waals surface area contributed by atoms with Crippen LogP contribution in [0.1, 0.15) is 11.1 Å². The lowest BCUT2D eigenvalue weighted by Crippen LogP contribution is -2.24. The first-order valence-electron chi connectivity index (χ1n) is 5.55. The van der Waals surface area contributed by atoms with E-state index >= 15 is 0 Å². The number of benzene rings is 1. The lowest BCUT2D eigenvalue weighted by molar-refractivity contribution is 0.346. The van der Waals surface area contributed by atoms with Gasteiger partial charge in [-0.15, -0.1) is 0 Å². The van der Waals surface area contributed by atoms with Crippen molar-refractivity contribution in [3.63, 3.8) is 0 Å². The van der Waals surface area contributed by atoms with Crippen LogP contribution in [0.3, 0.4) is 0 Å². The third-order valence-electron chi connectivity index (χ3n) is 2.52. The minimum atomic E-state index is -2.89. The standard InChI is InChI=1S/C12H20N2O2S/c1-14(6-7-17(2,15)16)10-12-5-3-4-11(8-12)9-13/h3-5,8H,6-7,9-10,13H2,1-2H3. The van der Waals surface area contributed by atoms with Crippen molar-refractivity contribution < 1.29 is 8.42 Å². The Bertz CT molecular complexity index is 457. The van der Waals surface area contributed by atoms with Crippen molar-refractivity contribution in [1.29, 1.82) is 0 Å². The maximum Gasteiger partial charge on any atom is 0.148 e. The normalized spacial score (nSPS) is 12.0. The highest BCUT2D eigenvalue weighted by molar-refractivity contribution is 7.90. The van der Waals surface area contributed by atoms with Crippen LogP contribution in [-0.4, -0.2) is 38.9 Å². The summed E-state index contributed by atoms with van der Waals surface area (Å²) < 4.78 is 22.1. The predicted octanol–water partition coefficient (Wildman–Crippen LogP) is 0.622. The van der Waals surface area contributed by atoms with E-state index in [4.69, 9.17) is 5.73 Å². The fourth-order valence-corrected chi connectivity index (χ4v) is 2.21. The first-order chi connectivity index (χ1) is 7.90. The topological polar surface area (TPSA) is 63.4 Å². The van der Waals surface area contributed by atoms with Crippen molar-refractivity contribution in [2.45, 2.75) is 13.1 Å². The summed E-state index contributed by atoms with van der Waals surface area (Å²) >= 11 is 0. The van der Waals surface area contributed by atoms with Gasteiger partial charge in [0, 0.05) is 25.9 Å². The Morgan fingerprint density at radius 3 is 2.53 bits per heavy atom. The fourth-order valence-electron chi connectivity index (χ4n) is 1.57. The highest BCUT2D eigenvalue weighted by Crippen LogP contribution is 2.07. The zero-order valence-electron chi connectivity index (χ0n) is 10.4. The van der Waals surface area contributed by atoms with Crippen molar-refractivity contribution in [1.82, 2.24) is 4.90 Å². The van der Waals surface area contributed by atoms with E-state index in [1.54, 1.807) is 0 Å². The summed E-state index contributed by atoms with van der Waals surface area (Å²) in [7, 11) is -0.969. The molecule has 2 N–H and O–H groups in total. The summed E-state index contributed by atoms with van der Waals surface area (Å²) in [6.07, 6.45) is 1.26. The molecule has 17 heavy (non-hydrogen) atoms. The number of sulfone groups is 1. The van der Waals surface area contributed by atoms with Gasteiger partial charge < -0.3 is 10.6 Å². The van der Waals surface area contributed by atoms with Gasteiger partial charge >= 0.3 is 0 Å². The first-order valence-corrected chi connectivity index (χ1v) is 7.61. The molecule has 0 fully saturated rings. The second kappa shape index (κ2) is 6.14. The molecule has 0 spiro atoms. The van der Waals surface area contributed by atoms with Crippen LogP contribution in [-0.2, 0) is 22.9 Å². The Morgan fingerprint density at radius 2 is 1.94 bits per heavy atom. The Morgan fingerprint density at radius 1 is 1.29 bits per heavy atom. The Balaban J connectivity index is 2.52. The van der Waals surface area contributed by atoms with E-state index < -0.39 is 9.84 Å². The molecule has 5 heteroatoms. The summed E-state index contributed by atoms with van der Waals surface area (Å²) in [5, 5.41) is 0. The molecule has 0 unspecified atom stereocenters. The van der Waals surface area contributed by atoms with Crippen LogP contribution in [0.4, 0.5) is 0 Å². The quantitative estimate of drug-likeness (QED) is 0.810. The Labute approximate surface area is 103 Å². The highest BCUT2D eigenvalue weighted by Gasteiger charge is 2.06. The highest BCUT2D eigenvalue weighted by atomic mass is 32.2. The minimum Gasteiger partial charge on any atom is -0.326 e. The van der Waals surface area contributed by atoms with Gasteiger partial charge in [0.1, 0.15) is 9.84 Å². The molecule has 0 saturated carbocycles. The van der Waals surface area contributed by atoms with Gasteiger partial charge in [0.2, 0.25) is 0 Å². The SMILES string of the molecule is CN(CCS(C)(=O)=O)Cc1cccc(CN)c1. The third kappa shape index (κ3) is 5.81. The zero-order chi connectivity index (χ0) is 12.9. The summed E-state index contributed by atoms with van der Waals surface area (Å²) in [5.74, 6) is 0.195. The van der Waals surface area contributed by atoms with E-state index in [9.17, 15) is 8.42 Å². The summed E-state index contributed by atoms with van der Waals surface area (Å²) in [6.45, 7) is 1.82. The second-order valence-corrected chi connectivity index (χ2v) is 6.65. The molecule has 1 aromatic carbocycles. The lowest BCUT2D eigenvalue weighted by Gasteiger charge is -2.16. The molecule has 1 aromatic rings. The molecule has 0 atom stereocenters. The molecule has 0 amide bonds. The minimum absolute atomic E-state index is 0.195. The average molecular weight is 256 g/mol. The van der Waals surface area contributed by atoms with Crippen LogP contribution in [0, 0.1) is 0 Å². The fraction of sp³-hybridized carbons (Fsp3) is 0.500. The molecule has 4 nitrogen and oxygen atoms in total. The number of rotatable bonds is 6. The van der Waals surface area contributed by atoms with Gasteiger partial charge in [-0.3, -0.25) is 0 Å². The molecule has 1 rings (SSSR count). The van der Waals surface area contributed by atoms with Crippen molar-refractivity contribution in [2.75, 3.05) is 25.6 Å². The number of hydrogen-bond acceptors (Lipinski definition) is 4. The number of nitrogens with two attached hydrogens (primary N) is 1. The van der Waals surface area contributed by atoms with E-state index in [2.05, 4.69) is 6.07 Å². The Kier molecular flexibility index (Phi) is 5.11. The Hall–Kier alpha value is -0.910. The predicted molar refractivity (Wildman–Crippen MR) is 70.4 cm³/mol. The molecule has 0 heterocycles. The van der Waals surface area contributed by atoms with Crippen molar-refractivity contribution >= 4 is 9.84 Å². The van der Waals surface area contributed by atoms with Gasteiger partial charge in [-0.1, -0.05) is 24.3 Å². The molecule has 0 aliphatic rings. The van der Waals surface area contributed by atoms with Crippen LogP contribution < -0.4 is 5.73 Å². The molecule has 96 valence electrons.